The summed E-state index contributed by atoms with van der Waals surface area (Å²) in [5, 5.41) is 10.4. The summed E-state index contributed by atoms with van der Waals surface area (Å²) in [4.78, 5) is 26.7. The number of esters is 1. The Hall–Kier alpha value is -3.28. The summed E-state index contributed by atoms with van der Waals surface area (Å²) in [5.74, 6) is -1.29. The fraction of sp³-hybridized carbons (Fsp3) is 0.238. The SMILES string of the molecule is CCOC(=O)C1=C(O)C(=O)N(c2ccc(C)cc2)[C@@H]1c1ccc(OC)cc1. The summed E-state index contributed by atoms with van der Waals surface area (Å²) >= 11 is 0. The van der Waals surface area contributed by atoms with Gasteiger partial charge in [0.2, 0.25) is 0 Å². The molecule has 1 heterocycles. The Morgan fingerprint density at radius 2 is 1.74 bits per heavy atom. The van der Waals surface area contributed by atoms with Crippen molar-refractivity contribution in [1.82, 2.24) is 0 Å². The highest BCUT2D eigenvalue weighted by atomic mass is 16.5. The van der Waals surface area contributed by atoms with Gasteiger partial charge in [0.1, 0.15) is 11.3 Å². The van der Waals surface area contributed by atoms with Gasteiger partial charge in [-0.3, -0.25) is 9.69 Å². The first-order valence-electron chi connectivity index (χ1n) is 8.62. The third-order valence-corrected chi connectivity index (χ3v) is 4.45. The highest BCUT2D eigenvalue weighted by molar-refractivity contribution is 6.15. The van der Waals surface area contributed by atoms with Crippen LogP contribution in [-0.2, 0) is 14.3 Å². The maximum Gasteiger partial charge on any atom is 0.340 e. The number of methoxy groups -OCH3 is 1. The zero-order valence-electron chi connectivity index (χ0n) is 15.4. The van der Waals surface area contributed by atoms with E-state index in [4.69, 9.17) is 9.47 Å². The van der Waals surface area contributed by atoms with Gasteiger partial charge in [-0.2, -0.15) is 0 Å². The lowest BCUT2D eigenvalue weighted by Crippen LogP contribution is -2.31. The van der Waals surface area contributed by atoms with E-state index in [2.05, 4.69) is 0 Å². The van der Waals surface area contributed by atoms with Crippen LogP contribution in [0.1, 0.15) is 24.1 Å². The molecule has 1 aliphatic rings. The molecule has 0 unspecified atom stereocenters. The van der Waals surface area contributed by atoms with Crippen LogP contribution in [0.2, 0.25) is 0 Å². The van der Waals surface area contributed by atoms with Crippen LogP contribution in [0.4, 0.5) is 5.69 Å². The molecular formula is C21H21NO5. The molecule has 0 radical (unpaired) electrons. The van der Waals surface area contributed by atoms with Gasteiger partial charge in [0, 0.05) is 5.69 Å². The molecule has 140 valence electrons. The number of anilines is 1. The van der Waals surface area contributed by atoms with E-state index < -0.39 is 23.7 Å². The van der Waals surface area contributed by atoms with Crippen molar-refractivity contribution in [2.75, 3.05) is 18.6 Å². The first-order chi connectivity index (χ1) is 13.0. The standard InChI is InChI=1S/C21H21NO5/c1-4-27-21(25)17-18(14-7-11-16(26-3)12-8-14)22(20(24)19(17)23)15-9-5-13(2)6-10-15/h5-12,18,23H,4H2,1-3H3/t18-/m1/s1. The van der Waals surface area contributed by atoms with E-state index in [0.29, 0.717) is 17.0 Å². The smallest absolute Gasteiger partial charge is 0.340 e. The largest absolute Gasteiger partial charge is 0.503 e. The van der Waals surface area contributed by atoms with Gasteiger partial charge in [0.25, 0.3) is 5.91 Å². The lowest BCUT2D eigenvalue weighted by molar-refractivity contribution is -0.139. The Bertz CT molecular complexity index is 884. The molecule has 1 amide bonds. The Morgan fingerprint density at radius 1 is 1.11 bits per heavy atom. The molecule has 0 saturated heterocycles. The number of aliphatic hydroxyl groups is 1. The van der Waals surface area contributed by atoms with Crippen LogP contribution in [-0.4, -0.2) is 30.7 Å². The fourth-order valence-corrected chi connectivity index (χ4v) is 3.10. The molecule has 3 rings (SSSR count). The van der Waals surface area contributed by atoms with E-state index in [1.807, 2.05) is 19.1 Å². The number of hydrogen-bond donors (Lipinski definition) is 1. The second-order valence-corrected chi connectivity index (χ2v) is 6.17. The summed E-state index contributed by atoms with van der Waals surface area (Å²) in [6.07, 6.45) is 0. The molecule has 1 atom stereocenters. The maximum absolute atomic E-state index is 12.8. The lowest BCUT2D eigenvalue weighted by Gasteiger charge is -2.27. The molecule has 27 heavy (non-hydrogen) atoms. The van der Waals surface area contributed by atoms with Gasteiger partial charge in [-0.15, -0.1) is 0 Å². The van der Waals surface area contributed by atoms with Crippen molar-refractivity contribution in [3.8, 4) is 5.75 Å². The third-order valence-electron chi connectivity index (χ3n) is 4.45. The number of benzene rings is 2. The van der Waals surface area contributed by atoms with E-state index in [1.54, 1.807) is 50.4 Å². The fourth-order valence-electron chi connectivity index (χ4n) is 3.10. The van der Waals surface area contributed by atoms with Crippen molar-refractivity contribution in [1.29, 1.82) is 0 Å². The quantitative estimate of drug-likeness (QED) is 0.819. The van der Waals surface area contributed by atoms with Crippen molar-refractivity contribution in [3.05, 3.63) is 71.0 Å². The van der Waals surface area contributed by atoms with Crippen LogP contribution < -0.4 is 9.64 Å². The zero-order chi connectivity index (χ0) is 19.6. The number of nitrogens with zero attached hydrogens (tertiary/aromatic N) is 1. The Balaban J connectivity index is 2.12. The third kappa shape index (κ3) is 3.38. The predicted octanol–water partition coefficient (Wildman–Crippen LogP) is 3.47. The number of carbonyl (C=O) groups excluding carboxylic acids is 2. The van der Waals surface area contributed by atoms with E-state index in [9.17, 15) is 14.7 Å². The normalized spacial score (nSPS) is 16.6. The van der Waals surface area contributed by atoms with Gasteiger partial charge in [0.15, 0.2) is 5.76 Å². The minimum atomic E-state index is -0.787. The van der Waals surface area contributed by atoms with Gasteiger partial charge in [-0.1, -0.05) is 29.8 Å². The zero-order valence-corrected chi connectivity index (χ0v) is 15.4. The average Bonchev–Trinajstić information content (AvgIpc) is 2.94. The highest BCUT2D eigenvalue weighted by Gasteiger charge is 2.45. The molecule has 1 N–H and O–H groups in total. The van der Waals surface area contributed by atoms with E-state index in [0.717, 1.165) is 5.56 Å². The molecule has 6 nitrogen and oxygen atoms in total. The van der Waals surface area contributed by atoms with Crippen LogP contribution in [0, 0.1) is 6.92 Å². The molecule has 0 aromatic heterocycles. The van der Waals surface area contributed by atoms with Crippen LogP contribution >= 0.6 is 0 Å². The topological polar surface area (TPSA) is 76.1 Å². The van der Waals surface area contributed by atoms with Crippen molar-refractivity contribution < 1.29 is 24.2 Å². The van der Waals surface area contributed by atoms with Gasteiger partial charge in [0.05, 0.1) is 19.8 Å². The van der Waals surface area contributed by atoms with Crippen molar-refractivity contribution in [2.45, 2.75) is 19.9 Å². The molecule has 2 aromatic rings. The maximum atomic E-state index is 12.8. The van der Waals surface area contributed by atoms with Crippen LogP contribution in [0.15, 0.2) is 59.9 Å². The Morgan fingerprint density at radius 3 is 2.30 bits per heavy atom. The number of ether oxygens (including phenoxy) is 2. The van der Waals surface area contributed by atoms with E-state index >= 15 is 0 Å². The minimum absolute atomic E-state index is 0.0624. The monoisotopic (exact) mass is 367 g/mol. The van der Waals surface area contributed by atoms with Gasteiger partial charge >= 0.3 is 5.97 Å². The molecule has 6 heteroatoms. The molecule has 0 aliphatic carbocycles. The number of rotatable bonds is 5. The first-order valence-corrected chi connectivity index (χ1v) is 8.62. The molecule has 1 aliphatic heterocycles. The summed E-state index contributed by atoms with van der Waals surface area (Å²) in [6, 6.07) is 13.5. The van der Waals surface area contributed by atoms with Crippen LogP contribution in [0.5, 0.6) is 5.75 Å². The van der Waals surface area contributed by atoms with Crippen molar-refractivity contribution in [3.63, 3.8) is 0 Å². The van der Waals surface area contributed by atoms with Gasteiger partial charge in [-0.25, -0.2) is 4.79 Å². The Labute approximate surface area is 157 Å². The van der Waals surface area contributed by atoms with E-state index in [1.165, 1.54) is 4.90 Å². The number of amides is 1. The lowest BCUT2D eigenvalue weighted by atomic mass is 9.98. The first kappa shape index (κ1) is 18.5. The molecular weight excluding hydrogens is 346 g/mol. The highest BCUT2D eigenvalue weighted by Crippen LogP contribution is 2.41. The van der Waals surface area contributed by atoms with Crippen molar-refractivity contribution in [2.24, 2.45) is 0 Å². The van der Waals surface area contributed by atoms with Gasteiger partial charge in [-0.05, 0) is 43.7 Å². The minimum Gasteiger partial charge on any atom is -0.503 e. The summed E-state index contributed by atoms with van der Waals surface area (Å²) in [5.41, 5.74) is 2.22. The number of hydrogen-bond acceptors (Lipinski definition) is 5. The number of aliphatic hydroxyl groups excluding tert-OH is 1. The molecule has 0 saturated carbocycles. The molecule has 0 fully saturated rings. The number of carbonyl (C=O) groups is 2. The van der Waals surface area contributed by atoms with Gasteiger partial charge < -0.3 is 14.6 Å². The Kier molecular flexibility index (Phi) is 5.16. The molecule has 0 bridgehead atoms. The molecule has 2 aromatic carbocycles. The second kappa shape index (κ2) is 7.53. The second-order valence-electron chi connectivity index (χ2n) is 6.17. The summed E-state index contributed by atoms with van der Waals surface area (Å²) in [6.45, 7) is 3.76. The molecule has 0 spiro atoms. The van der Waals surface area contributed by atoms with Crippen molar-refractivity contribution >= 4 is 17.6 Å². The van der Waals surface area contributed by atoms with Crippen LogP contribution in [0.25, 0.3) is 0 Å². The average molecular weight is 367 g/mol. The number of aryl methyl sites for hydroxylation is 1. The van der Waals surface area contributed by atoms with E-state index in [-0.39, 0.29) is 12.2 Å². The van der Waals surface area contributed by atoms with Crippen LogP contribution in [0.3, 0.4) is 0 Å². The summed E-state index contributed by atoms with van der Waals surface area (Å²) in [7, 11) is 1.56. The summed E-state index contributed by atoms with van der Waals surface area (Å²) < 4.78 is 10.3. The predicted molar refractivity (Wildman–Crippen MR) is 101 cm³/mol.